The molecule has 0 fully saturated rings. The SMILES string of the molecule is CSc1nc(OC(C)(C)C)ncc1Br. The van der Waals surface area contributed by atoms with Crippen LogP contribution in [0.2, 0.25) is 0 Å². The van der Waals surface area contributed by atoms with Crippen LogP contribution in [0, 0.1) is 0 Å². The standard InChI is InChI=1S/C9H13BrN2OS/c1-9(2,3)13-8-11-5-6(10)7(12-8)14-4/h5H,1-4H3. The van der Waals surface area contributed by atoms with Crippen molar-refractivity contribution in [3.05, 3.63) is 10.7 Å². The summed E-state index contributed by atoms with van der Waals surface area (Å²) in [6.07, 6.45) is 3.67. The summed E-state index contributed by atoms with van der Waals surface area (Å²) in [5.41, 5.74) is -0.260. The lowest BCUT2D eigenvalue weighted by Gasteiger charge is -2.19. The first-order chi connectivity index (χ1) is 6.42. The van der Waals surface area contributed by atoms with E-state index < -0.39 is 0 Å². The van der Waals surface area contributed by atoms with E-state index in [1.54, 1.807) is 18.0 Å². The van der Waals surface area contributed by atoms with Gasteiger partial charge < -0.3 is 4.74 Å². The number of nitrogens with zero attached hydrogens (tertiary/aromatic N) is 2. The summed E-state index contributed by atoms with van der Waals surface area (Å²) in [5.74, 6) is 0. The molecule has 0 bridgehead atoms. The summed E-state index contributed by atoms with van der Waals surface area (Å²) in [5, 5.41) is 0.888. The van der Waals surface area contributed by atoms with Crippen LogP contribution in [0.5, 0.6) is 6.01 Å². The molecule has 0 atom stereocenters. The molecule has 0 amide bonds. The van der Waals surface area contributed by atoms with Gasteiger partial charge in [0.1, 0.15) is 10.6 Å². The van der Waals surface area contributed by atoms with E-state index in [4.69, 9.17) is 4.74 Å². The average molecular weight is 277 g/mol. The quantitative estimate of drug-likeness (QED) is 0.614. The maximum absolute atomic E-state index is 5.54. The maximum atomic E-state index is 5.54. The van der Waals surface area contributed by atoms with Gasteiger partial charge in [-0.2, -0.15) is 4.98 Å². The summed E-state index contributed by atoms with van der Waals surface area (Å²) >= 11 is 4.93. The van der Waals surface area contributed by atoms with Gasteiger partial charge in [-0.15, -0.1) is 11.8 Å². The smallest absolute Gasteiger partial charge is 0.317 e. The third-order valence-electron chi connectivity index (χ3n) is 1.28. The third kappa shape index (κ3) is 3.46. The Labute approximate surface area is 96.8 Å². The highest BCUT2D eigenvalue weighted by Crippen LogP contribution is 2.25. The van der Waals surface area contributed by atoms with Crippen LogP contribution in [-0.4, -0.2) is 21.8 Å². The number of ether oxygens (including phenoxy) is 1. The van der Waals surface area contributed by atoms with Gasteiger partial charge in [0.2, 0.25) is 0 Å². The molecule has 0 saturated carbocycles. The molecule has 3 nitrogen and oxygen atoms in total. The summed E-state index contributed by atoms with van der Waals surface area (Å²) < 4.78 is 6.44. The minimum Gasteiger partial charge on any atom is -0.458 e. The Bertz CT molecular complexity index is 325. The maximum Gasteiger partial charge on any atom is 0.317 e. The van der Waals surface area contributed by atoms with Crippen LogP contribution in [0.4, 0.5) is 0 Å². The second-order valence-electron chi connectivity index (χ2n) is 3.72. The summed E-state index contributed by atoms with van der Waals surface area (Å²) in [6.45, 7) is 5.91. The van der Waals surface area contributed by atoms with Crippen LogP contribution < -0.4 is 4.74 Å². The topological polar surface area (TPSA) is 35.0 Å². The Kier molecular flexibility index (Phi) is 3.78. The van der Waals surface area contributed by atoms with E-state index in [1.165, 1.54) is 0 Å². The molecular weight excluding hydrogens is 264 g/mol. The molecule has 0 aliphatic heterocycles. The van der Waals surface area contributed by atoms with Crippen LogP contribution in [0.1, 0.15) is 20.8 Å². The van der Waals surface area contributed by atoms with Gasteiger partial charge in [-0.05, 0) is 43.0 Å². The van der Waals surface area contributed by atoms with E-state index in [0.29, 0.717) is 6.01 Å². The van der Waals surface area contributed by atoms with Crippen molar-refractivity contribution < 1.29 is 4.74 Å². The van der Waals surface area contributed by atoms with Crippen molar-refractivity contribution in [3.8, 4) is 6.01 Å². The zero-order valence-electron chi connectivity index (χ0n) is 8.67. The highest BCUT2D eigenvalue weighted by Gasteiger charge is 2.14. The van der Waals surface area contributed by atoms with Crippen molar-refractivity contribution in [2.75, 3.05) is 6.26 Å². The van der Waals surface area contributed by atoms with Gasteiger partial charge in [-0.25, -0.2) is 4.98 Å². The predicted molar refractivity (Wildman–Crippen MR) is 61.9 cm³/mol. The van der Waals surface area contributed by atoms with Gasteiger partial charge in [0.25, 0.3) is 0 Å². The van der Waals surface area contributed by atoms with E-state index in [-0.39, 0.29) is 5.60 Å². The Morgan fingerprint density at radius 3 is 2.57 bits per heavy atom. The number of rotatable bonds is 2. The zero-order valence-corrected chi connectivity index (χ0v) is 11.1. The minimum atomic E-state index is -0.260. The fourth-order valence-corrected chi connectivity index (χ4v) is 1.90. The molecule has 0 saturated heterocycles. The van der Waals surface area contributed by atoms with Crippen LogP contribution in [0.25, 0.3) is 0 Å². The highest BCUT2D eigenvalue weighted by molar-refractivity contribution is 9.10. The second-order valence-corrected chi connectivity index (χ2v) is 5.37. The van der Waals surface area contributed by atoms with Crippen molar-refractivity contribution in [1.29, 1.82) is 0 Å². The molecule has 78 valence electrons. The van der Waals surface area contributed by atoms with Gasteiger partial charge >= 0.3 is 6.01 Å². The number of thioether (sulfide) groups is 1. The van der Waals surface area contributed by atoms with Crippen molar-refractivity contribution in [2.45, 2.75) is 31.4 Å². The Morgan fingerprint density at radius 2 is 2.07 bits per heavy atom. The van der Waals surface area contributed by atoms with E-state index in [9.17, 15) is 0 Å². The van der Waals surface area contributed by atoms with Gasteiger partial charge in [0, 0.05) is 6.20 Å². The lowest BCUT2D eigenvalue weighted by molar-refractivity contribution is 0.115. The number of aromatic nitrogens is 2. The van der Waals surface area contributed by atoms with Gasteiger partial charge in [0.05, 0.1) is 4.47 Å². The highest BCUT2D eigenvalue weighted by atomic mass is 79.9. The van der Waals surface area contributed by atoms with Gasteiger partial charge in [0.15, 0.2) is 0 Å². The Morgan fingerprint density at radius 1 is 1.43 bits per heavy atom. The summed E-state index contributed by atoms with van der Waals surface area (Å²) in [6, 6.07) is 0.421. The van der Waals surface area contributed by atoms with Crippen LogP contribution in [0.3, 0.4) is 0 Å². The summed E-state index contributed by atoms with van der Waals surface area (Å²) in [7, 11) is 0. The number of hydrogen-bond acceptors (Lipinski definition) is 4. The molecule has 0 radical (unpaired) electrons. The van der Waals surface area contributed by atoms with Crippen molar-refractivity contribution in [2.24, 2.45) is 0 Å². The molecule has 1 rings (SSSR count). The number of hydrogen-bond donors (Lipinski definition) is 0. The van der Waals surface area contributed by atoms with Crippen LogP contribution >= 0.6 is 27.7 Å². The largest absolute Gasteiger partial charge is 0.458 e. The monoisotopic (exact) mass is 276 g/mol. The molecule has 1 heterocycles. The van der Waals surface area contributed by atoms with E-state index in [2.05, 4.69) is 25.9 Å². The first kappa shape index (κ1) is 11.8. The van der Waals surface area contributed by atoms with E-state index in [1.807, 2.05) is 27.0 Å². The number of halogens is 1. The molecule has 14 heavy (non-hydrogen) atoms. The molecule has 5 heteroatoms. The molecule has 0 aliphatic carbocycles. The van der Waals surface area contributed by atoms with E-state index in [0.717, 1.165) is 9.50 Å². The summed E-state index contributed by atoms with van der Waals surface area (Å²) in [4.78, 5) is 8.34. The lowest BCUT2D eigenvalue weighted by Crippen LogP contribution is -2.24. The molecule has 0 spiro atoms. The fraction of sp³-hybridized carbons (Fsp3) is 0.556. The van der Waals surface area contributed by atoms with Gasteiger partial charge in [-0.1, -0.05) is 0 Å². The lowest BCUT2D eigenvalue weighted by atomic mass is 10.2. The van der Waals surface area contributed by atoms with Crippen LogP contribution in [0.15, 0.2) is 15.7 Å². The molecule has 0 N–H and O–H groups in total. The van der Waals surface area contributed by atoms with Crippen LogP contribution in [-0.2, 0) is 0 Å². The first-order valence-electron chi connectivity index (χ1n) is 4.18. The van der Waals surface area contributed by atoms with Gasteiger partial charge in [-0.3, -0.25) is 0 Å². The third-order valence-corrected chi connectivity index (χ3v) is 2.82. The molecule has 0 aliphatic rings. The fourth-order valence-electron chi connectivity index (χ4n) is 0.802. The first-order valence-corrected chi connectivity index (χ1v) is 6.20. The predicted octanol–water partition coefficient (Wildman–Crippen LogP) is 3.14. The zero-order chi connectivity index (χ0) is 10.8. The van der Waals surface area contributed by atoms with Crippen molar-refractivity contribution in [1.82, 2.24) is 9.97 Å². The average Bonchev–Trinajstić information content (AvgIpc) is 2.06. The van der Waals surface area contributed by atoms with Crippen molar-refractivity contribution in [3.63, 3.8) is 0 Å². The second kappa shape index (κ2) is 4.49. The molecule has 0 aromatic carbocycles. The molecular formula is C9H13BrN2OS. The Hall–Kier alpha value is -0.290. The molecule has 1 aromatic rings. The Balaban J connectivity index is 2.90. The van der Waals surface area contributed by atoms with E-state index >= 15 is 0 Å². The molecule has 1 aromatic heterocycles. The molecule has 0 unspecified atom stereocenters. The van der Waals surface area contributed by atoms with Crippen molar-refractivity contribution >= 4 is 27.7 Å². The minimum absolute atomic E-state index is 0.260. The normalized spacial score (nSPS) is 11.5.